The Bertz CT molecular complexity index is 497. The molecule has 1 aromatic heterocycles. The number of rotatable bonds is 3. The summed E-state index contributed by atoms with van der Waals surface area (Å²) in [4.78, 5) is 14.5. The monoisotopic (exact) mass is 262 g/mol. The Labute approximate surface area is 116 Å². The van der Waals surface area contributed by atoms with Crippen LogP contribution < -0.4 is 0 Å². The lowest BCUT2D eigenvalue weighted by atomic mass is 9.76. The van der Waals surface area contributed by atoms with Crippen molar-refractivity contribution in [2.24, 2.45) is 5.41 Å². The van der Waals surface area contributed by atoms with Gasteiger partial charge in [-0.25, -0.2) is 0 Å². The fourth-order valence-corrected chi connectivity index (χ4v) is 3.40. The van der Waals surface area contributed by atoms with Crippen molar-refractivity contribution in [3.63, 3.8) is 0 Å². The Kier molecular flexibility index (Phi) is 3.61. The predicted octanol–water partition coefficient (Wildman–Crippen LogP) is 3.07. The number of hydrogen-bond acceptors (Lipinski definition) is 2. The predicted molar refractivity (Wildman–Crippen MR) is 78.9 cm³/mol. The van der Waals surface area contributed by atoms with Crippen molar-refractivity contribution in [3.05, 3.63) is 23.0 Å². The Balaban J connectivity index is 2.44. The van der Waals surface area contributed by atoms with Gasteiger partial charge in [-0.3, -0.25) is 4.79 Å². The van der Waals surface area contributed by atoms with Crippen LogP contribution in [0.4, 0.5) is 0 Å². The minimum Gasteiger partial charge on any atom is -0.344 e. The molecule has 1 atom stereocenters. The van der Waals surface area contributed by atoms with Crippen molar-refractivity contribution in [2.75, 3.05) is 20.6 Å². The number of hydrogen-bond donors (Lipinski definition) is 0. The first-order valence-corrected chi connectivity index (χ1v) is 7.10. The van der Waals surface area contributed by atoms with Gasteiger partial charge < -0.3 is 9.47 Å². The van der Waals surface area contributed by atoms with Crippen LogP contribution in [-0.4, -0.2) is 35.9 Å². The quantitative estimate of drug-likeness (QED) is 0.836. The minimum atomic E-state index is 0.0878. The molecule has 0 N–H and O–H groups in total. The van der Waals surface area contributed by atoms with Crippen molar-refractivity contribution >= 4 is 5.78 Å². The normalized spacial score (nSPS) is 19.6. The molecule has 0 amide bonds. The van der Waals surface area contributed by atoms with Crippen molar-refractivity contribution in [2.45, 2.75) is 46.6 Å². The molecule has 19 heavy (non-hydrogen) atoms. The molecular weight excluding hydrogens is 236 g/mol. The van der Waals surface area contributed by atoms with Gasteiger partial charge in [-0.15, -0.1) is 0 Å². The molecule has 0 aliphatic heterocycles. The van der Waals surface area contributed by atoms with E-state index in [1.807, 2.05) is 0 Å². The van der Waals surface area contributed by atoms with Gasteiger partial charge in [0.05, 0.1) is 0 Å². The maximum Gasteiger partial charge on any atom is 0.165 e. The Morgan fingerprint density at radius 2 is 2.00 bits per heavy atom. The zero-order valence-corrected chi connectivity index (χ0v) is 13.1. The minimum absolute atomic E-state index is 0.0878. The maximum absolute atomic E-state index is 12.3. The lowest BCUT2D eigenvalue weighted by molar-refractivity contribution is 0.0909. The van der Waals surface area contributed by atoms with Crippen molar-refractivity contribution in [1.29, 1.82) is 0 Å². The summed E-state index contributed by atoms with van der Waals surface area (Å²) in [6, 6.07) is 2.49. The van der Waals surface area contributed by atoms with E-state index in [1.165, 1.54) is 11.4 Å². The molecule has 1 aliphatic rings. The fraction of sp³-hybridized carbons (Fsp3) is 0.688. The Morgan fingerprint density at radius 3 is 2.58 bits per heavy atom. The lowest BCUT2D eigenvalue weighted by Crippen LogP contribution is -2.30. The van der Waals surface area contributed by atoms with E-state index < -0.39 is 0 Å². The van der Waals surface area contributed by atoms with Crippen LogP contribution in [0.5, 0.6) is 0 Å². The molecule has 0 fully saturated rings. The SMILES string of the molecule is Cc1cc2c(n1C(C)CN(C)C)CC(C)(C)CC2=O. The van der Waals surface area contributed by atoms with Crippen LogP contribution in [0.2, 0.25) is 0 Å². The molecule has 2 rings (SSSR count). The average Bonchev–Trinajstić information content (AvgIpc) is 2.52. The summed E-state index contributed by atoms with van der Waals surface area (Å²) in [6.07, 6.45) is 1.67. The molecule has 0 aromatic carbocycles. The number of nitrogens with zero attached hydrogens (tertiary/aromatic N) is 2. The largest absolute Gasteiger partial charge is 0.344 e. The third kappa shape index (κ3) is 2.76. The van der Waals surface area contributed by atoms with Crippen LogP contribution in [-0.2, 0) is 6.42 Å². The maximum atomic E-state index is 12.3. The molecule has 0 saturated carbocycles. The number of Topliss-reactive ketones (excluding diaryl/α,β-unsaturated/α-hetero) is 1. The number of fused-ring (bicyclic) bond motifs is 1. The van der Waals surface area contributed by atoms with Crippen LogP contribution >= 0.6 is 0 Å². The highest BCUT2D eigenvalue weighted by atomic mass is 16.1. The van der Waals surface area contributed by atoms with Crippen molar-refractivity contribution in [3.8, 4) is 0 Å². The molecule has 106 valence electrons. The number of aromatic nitrogens is 1. The molecule has 0 spiro atoms. The zero-order valence-electron chi connectivity index (χ0n) is 13.1. The van der Waals surface area contributed by atoms with Gasteiger partial charge in [0.15, 0.2) is 5.78 Å². The summed E-state index contributed by atoms with van der Waals surface area (Å²) in [5.41, 5.74) is 3.51. The van der Waals surface area contributed by atoms with Gasteiger partial charge in [0.25, 0.3) is 0 Å². The van der Waals surface area contributed by atoms with Crippen LogP contribution in [0.25, 0.3) is 0 Å². The molecule has 1 heterocycles. The van der Waals surface area contributed by atoms with E-state index in [1.54, 1.807) is 0 Å². The topological polar surface area (TPSA) is 25.2 Å². The molecule has 0 radical (unpaired) electrons. The van der Waals surface area contributed by atoms with Gasteiger partial charge in [-0.2, -0.15) is 0 Å². The second-order valence-electron chi connectivity index (χ2n) is 7.07. The highest BCUT2D eigenvalue weighted by Crippen LogP contribution is 2.37. The van der Waals surface area contributed by atoms with Gasteiger partial charge in [-0.05, 0) is 45.8 Å². The van der Waals surface area contributed by atoms with Crippen molar-refractivity contribution in [1.82, 2.24) is 9.47 Å². The molecule has 1 aliphatic carbocycles. The van der Waals surface area contributed by atoms with E-state index >= 15 is 0 Å². The smallest absolute Gasteiger partial charge is 0.165 e. The number of carbonyl (C=O) groups is 1. The van der Waals surface area contributed by atoms with E-state index in [4.69, 9.17) is 0 Å². The molecule has 3 heteroatoms. The Morgan fingerprint density at radius 1 is 1.37 bits per heavy atom. The van der Waals surface area contributed by atoms with Crippen molar-refractivity contribution < 1.29 is 4.79 Å². The summed E-state index contributed by atoms with van der Waals surface area (Å²) in [5, 5.41) is 0. The number of aryl methyl sites for hydroxylation is 1. The molecule has 0 saturated heterocycles. The zero-order chi connectivity index (χ0) is 14.4. The van der Waals surface area contributed by atoms with Crippen LogP contribution in [0.15, 0.2) is 6.07 Å². The molecule has 3 nitrogen and oxygen atoms in total. The summed E-state index contributed by atoms with van der Waals surface area (Å²) in [7, 11) is 4.19. The van der Waals surface area contributed by atoms with Gasteiger partial charge >= 0.3 is 0 Å². The van der Waals surface area contributed by atoms with Crippen LogP contribution in [0.3, 0.4) is 0 Å². The van der Waals surface area contributed by atoms with E-state index in [2.05, 4.69) is 57.3 Å². The lowest BCUT2D eigenvalue weighted by Gasteiger charge is -2.32. The highest BCUT2D eigenvalue weighted by Gasteiger charge is 2.34. The van der Waals surface area contributed by atoms with E-state index in [0.29, 0.717) is 18.2 Å². The summed E-state index contributed by atoms with van der Waals surface area (Å²) < 4.78 is 2.37. The molecular formula is C16H26N2O. The number of likely N-dealkylation sites (N-methyl/N-ethyl adjacent to an activating group) is 1. The first kappa shape index (κ1) is 14.3. The summed E-state index contributed by atoms with van der Waals surface area (Å²) in [6.45, 7) is 9.73. The van der Waals surface area contributed by atoms with Gasteiger partial charge in [-0.1, -0.05) is 13.8 Å². The third-order valence-corrected chi connectivity index (χ3v) is 3.99. The number of ketones is 1. The second kappa shape index (κ2) is 4.78. The first-order valence-electron chi connectivity index (χ1n) is 7.10. The van der Waals surface area contributed by atoms with Crippen LogP contribution in [0.1, 0.15) is 55.0 Å². The Hall–Kier alpha value is -1.09. The van der Waals surface area contributed by atoms with E-state index in [0.717, 1.165) is 18.5 Å². The average molecular weight is 262 g/mol. The molecule has 1 aromatic rings. The summed E-state index contributed by atoms with van der Waals surface area (Å²) in [5.74, 6) is 0.310. The van der Waals surface area contributed by atoms with E-state index in [9.17, 15) is 4.79 Å². The summed E-state index contributed by atoms with van der Waals surface area (Å²) >= 11 is 0. The molecule has 1 unspecified atom stereocenters. The standard InChI is InChI=1S/C16H26N2O/c1-11-7-13-14(8-16(3,4)9-15(13)19)18(11)12(2)10-17(5)6/h7,12H,8-10H2,1-6H3. The van der Waals surface area contributed by atoms with E-state index in [-0.39, 0.29) is 5.41 Å². The second-order valence-corrected chi connectivity index (χ2v) is 7.07. The van der Waals surface area contributed by atoms with Gasteiger partial charge in [0.1, 0.15) is 0 Å². The molecule has 0 bridgehead atoms. The first-order chi connectivity index (χ1) is 8.71. The third-order valence-electron chi connectivity index (χ3n) is 3.99. The van der Waals surface area contributed by atoms with Crippen LogP contribution in [0, 0.1) is 12.3 Å². The fourth-order valence-electron chi connectivity index (χ4n) is 3.40. The van der Waals surface area contributed by atoms with Gasteiger partial charge in [0, 0.05) is 36.0 Å². The van der Waals surface area contributed by atoms with Gasteiger partial charge in [0.2, 0.25) is 0 Å². The highest BCUT2D eigenvalue weighted by molar-refractivity contribution is 5.99. The number of carbonyl (C=O) groups excluding carboxylic acids is 1.